The average molecular weight is 207 g/mol. The van der Waals surface area contributed by atoms with E-state index in [0.29, 0.717) is 0 Å². The van der Waals surface area contributed by atoms with Crippen molar-refractivity contribution in [2.45, 2.75) is 32.4 Å². The molecular weight excluding hydrogens is 186 g/mol. The molecule has 0 unspecified atom stereocenters. The molecule has 1 aromatic rings. The van der Waals surface area contributed by atoms with Crippen molar-refractivity contribution in [3.05, 3.63) is 30.1 Å². The summed E-state index contributed by atoms with van der Waals surface area (Å²) in [5.41, 5.74) is 7.10. The highest BCUT2D eigenvalue weighted by Crippen LogP contribution is 2.06. The van der Waals surface area contributed by atoms with E-state index >= 15 is 0 Å². The maximum atomic E-state index is 5.94. The minimum Gasteiger partial charge on any atom is -0.326 e. The highest BCUT2D eigenvalue weighted by molar-refractivity contribution is 5.07. The lowest BCUT2D eigenvalue weighted by molar-refractivity contribution is 0.289. The molecule has 2 N–H and O–H groups in total. The van der Waals surface area contributed by atoms with Gasteiger partial charge in [-0.3, -0.25) is 4.98 Å². The van der Waals surface area contributed by atoms with Gasteiger partial charge in [-0.2, -0.15) is 0 Å². The van der Waals surface area contributed by atoms with Crippen molar-refractivity contribution in [2.24, 2.45) is 5.73 Å². The number of hydrogen-bond acceptors (Lipinski definition) is 3. The maximum Gasteiger partial charge on any atom is 0.0312 e. The molecule has 0 amide bonds. The van der Waals surface area contributed by atoms with E-state index in [1.54, 1.807) is 6.20 Å². The van der Waals surface area contributed by atoms with Crippen LogP contribution < -0.4 is 5.73 Å². The van der Waals surface area contributed by atoms with Crippen LogP contribution in [0.3, 0.4) is 0 Å². The van der Waals surface area contributed by atoms with E-state index < -0.39 is 0 Å². The fraction of sp³-hybridized carbons (Fsp3) is 0.583. The van der Waals surface area contributed by atoms with Crippen LogP contribution in [0.1, 0.15) is 25.8 Å². The third-order valence-corrected chi connectivity index (χ3v) is 2.31. The summed E-state index contributed by atoms with van der Waals surface area (Å²) in [7, 11) is 2.11. The SMILES string of the molecule is CN(CCC(C)(C)N)Cc1cccnc1. The molecule has 0 radical (unpaired) electrons. The molecule has 84 valence electrons. The average Bonchev–Trinajstić information content (AvgIpc) is 2.15. The van der Waals surface area contributed by atoms with E-state index in [2.05, 4.69) is 36.8 Å². The van der Waals surface area contributed by atoms with Crippen LogP contribution >= 0.6 is 0 Å². The molecule has 15 heavy (non-hydrogen) atoms. The van der Waals surface area contributed by atoms with Gasteiger partial charge in [0.25, 0.3) is 0 Å². The third kappa shape index (κ3) is 5.50. The van der Waals surface area contributed by atoms with Crippen LogP contribution in [0.4, 0.5) is 0 Å². The van der Waals surface area contributed by atoms with Crippen LogP contribution in [0.5, 0.6) is 0 Å². The Bertz CT molecular complexity index is 277. The van der Waals surface area contributed by atoms with Crippen molar-refractivity contribution < 1.29 is 0 Å². The molecule has 1 heterocycles. The Morgan fingerprint density at radius 1 is 1.47 bits per heavy atom. The quantitative estimate of drug-likeness (QED) is 0.798. The fourth-order valence-corrected chi connectivity index (χ4v) is 1.36. The van der Waals surface area contributed by atoms with Crippen molar-refractivity contribution >= 4 is 0 Å². The predicted molar refractivity (Wildman–Crippen MR) is 63.5 cm³/mol. The minimum atomic E-state index is -0.0802. The molecule has 0 aliphatic rings. The summed E-state index contributed by atoms with van der Waals surface area (Å²) in [6, 6.07) is 4.06. The molecule has 0 atom stereocenters. The predicted octanol–water partition coefficient (Wildman–Crippen LogP) is 1.64. The zero-order valence-electron chi connectivity index (χ0n) is 9.90. The Kier molecular flexibility index (Phi) is 4.24. The van der Waals surface area contributed by atoms with E-state index in [1.165, 1.54) is 5.56 Å². The largest absolute Gasteiger partial charge is 0.326 e. The van der Waals surface area contributed by atoms with Crippen LogP contribution in [0.25, 0.3) is 0 Å². The van der Waals surface area contributed by atoms with Crippen molar-refractivity contribution in [2.75, 3.05) is 13.6 Å². The van der Waals surface area contributed by atoms with Gasteiger partial charge in [0.2, 0.25) is 0 Å². The van der Waals surface area contributed by atoms with Gasteiger partial charge in [0, 0.05) is 24.5 Å². The topological polar surface area (TPSA) is 42.1 Å². The summed E-state index contributed by atoms with van der Waals surface area (Å²) < 4.78 is 0. The van der Waals surface area contributed by atoms with Gasteiger partial charge in [-0.05, 0) is 45.5 Å². The molecule has 0 aromatic carbocycles. The molecule has 0 saturated heterocycles. The minimum absolute atomic E-state index is 0.0802. The third-order valence-electron chi connectivity index (χ3n) is 2.31. The van der Waals surface area contributed by atoms with Crippen molar-refractivity contribution in [1.29, 1.82) is 0 Å². The lowest BCUT2D eigenvalue weighted by atomic mass is 10.0. The van der Waals surface area contributed by atoms with Crippen LogP contribution in [0, 0.1) is 0 Å². The monoisotopic (exact) mass is 207 g/mol. The number of nitrogens with zero attached hydrogens (tertiary/aromatic N) is 2. The molecule has 0 bridgehead atoms. The van der Waals surface area contributed by atoms with Crippen LogP contribution in [0.2, 0.25) is 0 Å². The van der Waals surface area contributed by atoms with E-state index in [9.17, 15) is 0 Å². The molecule has 3 nitrogen and oxygen atoms in total. The van der Waals surface area contributed by atoms with Crippen LogP contribution in [-0.4, -0.2) is 29.0 Å². The molecule has 1 aromatic heterocycles. The number of rotatable bonds is 5. The van der Waals surface area contributed by atoms with E-state index in [4.69, 9.17) is 5.73 Å². The molecule has 3 heteroatoms. The number of nitrogens with two attached hydrogens (primary N) is 1. The smallest absolute Gasteiger partial charge is 0.0312 e. The zero-order valence-corrected chi connectivity index (χ0v) is 9.90. The maximum absolute atomic E-state index is 5.94. The van der Waals surface area contributed by atoms with Gasteiger partial charge in [-0.25, -0.2) is 0 Å². The fourth-order valence-electron chi connectivity index (χ4n) is 1.36. The van der Waals surface area contributed by atoms with Gasteiger partial charge in [0.1, 0.15) is 0 Å². The molecule has 0 aliphatic heterocycles. The zero-order chi connectivity index (χ0) is 11.3. The summed E-state index contributed by atoms with van der Waals surface area (Å²) in [6.07, 6.45) is 4.71. The first-order valence-corrected chi connectivity index (χ1v) is 5.34. The first-order valence-electron chi connectivity index (χ1n) is 5.34. The highest BCUT2D eigenvalue weighted by atomic mass is 15.1. The second-order valence-electron chi connectivity index (χ2n) is 4.84. The Morgan fingerprint density at radius 3 is 2.73 bits per heavy atom. The first-order chi connectivity index (χ1) is 6.97. The molecule has 0 fully saturated rings. The lowest BCUT2D eigenvalue weighted by Gasteiger charge is -2.23. The van der Waals surface area contributed by atoms with Gasteiger partial charge in [0.05, 0.1) is 0 Å². The van der Waals surface area contributed by atoms with Crippen LogP contribution in [-0.2, 0) is 6.54 Å². The summed E-state index contributed by atoms with van der Waals surface area (Å²) >= 11 is 0. The standard InChI is InChI=1S/C12H21N3/c1-12(2,13)6-8-15(3)10-11-5-4-7-14-9-11/h4-5,7,9H,6,8,10,13H2,1-3H3. The number of aromatic nitrogens is 1. The lowest BCUT2D eigenvalue weighted by Crippen LogP contribution is -2.36. The van der Waals surface area contributed by atoms with Crippen molar-refractivity contribution in [3.63, 3.8) is 0 Å². The van der Waals surface area contributed by atoms with Gasteiger partial charge in [-0.15, -0.1) is 0 Å². The Labute approximate surface area is 92.3 Å². The van der Waals surface area contributed by atoms with Crippen molar-refractivity contribution in [3.8, 4) is 0 Å². The van der Waals surface area contributed by atoms with E-state index in [0.717, 1.165) is 19.5 Å². The Hall–Kier alpha value is -0.930. The molecular formula is C12H21N3. The first kappa shape index (κ1) is 12.1. The van der Waals surface area contributed by atoms with Crippen molar-refractivity contribution in [1.82, 2.24) is 9.88 Å². The highest BCUT2D eigenvalue weighted by Gasteiger charge is 2.11. The van der Waals surface area contributed by atoms with Gasteiger partial charge in [0.15, 0.2) is 0 Å². The Morgan fingerprint density at radius 2 is 2.20 bits per heavy atom. The summed E-state index contributed by atoms with van der Waals surface area (Å²) in [4.78, 5) is 6.36. The summed E-state index contributed by atoms with van der Waals surface area (Å²) in [5, 5.41) is 0. The summed E-state index contributed by atoms with van der Waals surface area (Å²) in [5.74, 6) is 0. The molecule has 0 saturated carbocycles. The summed E-state index contributed by atoms with van der Waals surface area (Å²) in [6.45, 7) is 6.07. The van der Waals surface area contributed by atoms with Gasteiger partial charge in [-0.1, -0.05) is 6.07 Å². The number of hydrogen-bond donors (Lipinski definition) is 1. The second kappa shape index (κ2) is 5.24. The molecule has 1 rings (SSSR count). The van der Waals surface area contributed by atoms with Gasteiger partial charge < -0.3 is 10.6 Å². The molecule has 0 aliphatic carbocycles. The normalized spacial score (nSPS) is 12.1. The molecule has 0 spiro atoms. The van der Waals surface area contributed by atoms with Gasteiger partial charge >= 0.3 is 0 Å². The van der Waals surface area contributed by atoms with E-state index in [-0.39, 0.29) is 5.54 Å². The Balaban J connectivity index is 2.34. The van der Waals surface area contributed by atoms with Crippen LogP contribution in [0.15, 0.2) is 24.5 Å². The van der Waals surface area contributed by atoms with E-state index in [1.807, 2.05) is 12.3 Å². The number of pyridine rings is 1. The second-order valence-corrected chi connectivity index (χ2v) is 4.84.